The molecule has 8 nitrogen and oxygen atoms in total. The van der Waals surface area contributed by atoms with Gasteiger partial charge >= 0.3 is 0 Å². The Kier molecular flexibility index (Phi) is 6.42. The van der Waals surface area contributed by atoms with Crippen molar-refractivity contribution >= 4 is 45.2 Å². The normalized spacial score (nSPS) is 16.4. The molecule has 0 fully saturated rings. The first-order valence-corrected chi connectivity index (χ1v) is 10.4. The molecule has 146 valence electrons. The molecule has 28 heavy (non-hydrogen) atoms. The number of amides is 2. The van der Waals surface area contributed by atoms with Crippen LogP contribution in [0.5, 0.6) is 0 Å². The molecule has 1 atom stereocenters. The maximum atomic E-state index is 12.2. The number of aromatic nitrogens is 2. The molecule has 10 heteroatoms. The number of carbonyl (C=O) groups excluding carboxylic acids is 2. The highest BCUT2D eigenvalue weighted by Crippen LogP contribution is 2.31. The summed E-state index contributed by atoms with van der Waals surface area (Å²) < 4.78 is 0. The standard InChI is InChI=1S/C18H20N6O2S2/c1-3-13-23-24-18(28-13)21-12(25)9-27-17-20-10(2)14(16(19)26)15(22-17)11-7-5-4-6-8-11/h4-8,15H,3,9H2,1-2H3,(H2,19,26)(H,20,22)(H,21,24,25)/t15-/m1/s1. The highest BCUT2D eigenvalue weighted by atomic mass is 32.2. The number of rotatable bonds is 6. The van der Waals surface area contributed by atoms with Gasteiger partial charge in [-0.25, -0.2) is 4.99 Å². The van der Waals surface area contributed by atoms with E-state index in [0.29, 0.717) is 21.6 Å². The number of aryl methyl sites for hydroxylation is 1. The van der Waals surface area contributed by atoms with Crippen LogP contribution in [0.1, 0.15) is 30.5 Å². The molecule has 2 heterocycles. The number of thioether (sulfide) groups is 1. The summed E-state index contributed by atoms with van der Waals surface area (Å²) in [5.74, 6) is -0.576. The number of primary amides is 1. The van der Waals surface area contributed by atoms with Gasteiger partial charge in [0.25, 0.3) is 0 Å². The molecule has 0 saturated heterocycles. The number of anilines is 1. The number of aliphatic imine (C=N–C) groups is 1. The van der Waals surface area contributed by atoms with Gasteiger partial charge in [-0.15, -0.1) is 10.2 Å². The molecule has 1 aliphatic heterocycles. The topological polar surface area (TPSA) is 122 Å². The Bertz CT molecular complexity index is 939. The fourth-order valence-electron chi connectivity index (χ4n) is 2.65. The Morgan fingerprint density at radius 3 is 2.68 bits per heavy atom. The Balaban J connectivity index is 1.69. The number of carbonyl (C=O) groups is 2. The van der Waals surface area contributed by atoms with Gasteiger partial charge in [0.1, 0.15) is 11.0 Å². The first-order valence-electron chi connectivity index (χ1n) is 8.63. The van der Waals surface area contributed by atoms with Crippen molar-refractivity contribution in [2.45, 2.75) is 26.3 Å². The quantitative estimate of drug-likeness (QED) is 0.664. The second-order valence-electron chi connectivity index (χ2n) is 5.97. The third-order valence-electron chi connectivity index (χ3n) is 3.95. The summed E-state index contributed by atoms with van der Waals surface area (Å²) in [6.07, 6.45) is 0.775. The number of nitrogens with one attached hydrogen (secondary N) is 2. The molecule has 1 aromatic carbocycles. The zero-order valence-electron chi connectivity index (χ0n) is 15.4. The van der Waals surface area contributed by atoms with Gasteiger partial charge in [0.05, 0.1) is 11.3 Å². The van der Waals surface area contributed by atoms with Gasteiger partial charge in [-0.05, 0) is 18.9 Å². The van der Waals surface area contributed by atoms with Gasteiger partial charge in [-0.3, -0.25) is 14.9 Å². The molecule has 3 rings (SSSR count). The lowest BCUT2D eigenvalue weighted by Gasteiger charge is -2.25. The first kappa shape index (κ1) is 20.0. The minimum Gasteiger partial charge on any atom is -0.366 e. The van der Waals surface area contributed by atoms with E-state index in [-0.39, 0.29) is 11.7 Å². The maximum Gasteiger partial charge on any atom is 0.248 e. The Hall–Kier alpha value is -2.72. The first-order chi connectivity index (χ1) is 13.5. The van der Waals surface area contributed by atoms with Crippen LogP contribution in [-0.2, 0) is 16.0 Å². The van der Waals surface area contributed by atoms with Crippen LogP contribution < -0.4 is 16.4 Å². The zero-order chi connectivity index (χ0) is 20.1. The third kappa shape index (κ3) is 4.76. The fourth-order valence-corrected chi connectivity index (χ4v) is 4.09. The van der Waals surface area contributed by atoms with Crippen LogP contribution in [0.4, 0.5) is 5.13 Å². The summed E-state index contributed by atoms with van der Waals surface area (Å²) in [5, 5.41) is 15.6. The molecule has 1 aromatic heterocycles. The van der Waals surface area contributed by atoms with E-state index in [0.717, 1.165) is 17.0 Å². The lowest BCUT2D eigenvalue weighted by molar-refractivity contribution is -0.115. The number of allylic oxidation sites excluding steroid dienone is 1. The van der Waals surface area contributed by atoms with Crippen molar-refractivity contribution < 1.29 is 9.59 Å². The van der Waals surface area contributed by atoms with Gasteiger partial charge in [0, 0.05) is 5.70 Å². The smallest absolute Gasteiger partial charge is 0.248 e. The number of benzene rings is 1. The van der Waals surface area contributed by atoms with Gasteiger partial charge < -0.3 is 11.1 Å². The molecule has 0 saturated carbocycles. The molecule has 0 aliphatic carbocycles. The fraction of sp³-hybridized carbons (Fsp3) is 0.278. The molecule has 0 unspecified atom stereocenters. The molecule has 2 aromatic rings. The SMILES string of the molecule is CCc1nnc(NC(=O)CSC2=N[C@H](c3ccccc3)C(C(N)=O)=C(C)N2)s1. The van der Waals surface area contributed by atoms with Gasteiger partial charge in [-0.2, -0.15) is 0 Å². The van der Waals surface area contributed by atoms with E-state index in [4.69, 9.17) is 5.73 Å². The summed E-state index contributed by atoms with van der Waals surface area (Å²) >= 11 is 2.61. The number of nitrogens with zero attached hydrogens (tertiary/aromatic N) is 3. The molecule has 2 amide bonds. The second kappa shape index (κ2) is 8.98. The third-order valence-corrected chi connectivity index (χ3v) is 5.83. The minimum absolute atomic E-state index is 0.146. The lowest BCUT2D eigenvalue weighted by Crippen LogP contribution is -2.33. The summed E-state index contributed by atoms with van der Waals surface area (Å²) in [6, 6.07) is 8.95. The van der Waals surface area contributed by atoms with Crippen LogP contribution in [0.3, 0.4) is 0 Å². The Morgan fingerprint density at radius 1 is 1.29 bits per heavy atom. The van der Waals surface area contributed by atoms with Gasteiger partial charge in [-0.1, -0.05) is 60.4 Å². The number of hydrogen-bond donors (Lipinski definition) is 3. The maximum absolute atomic E-state index is 12.2. The minimum atomic E-state index is -0.521. The summed E-state index contributed by atoms with van der Waals surface area (Å²) in [5.41, 5.74) is 7.48. The Morgan fingerprint density at radius 2 is 2.04 bits per heavy atom. The second-order valence-corrected chi connectivity index (χ2v) is 7.99. The van der Waals surface area contributed by atoms with Crippen molar-refractivity contribution in [3.8, 4) is 0 Å². The molecule has 1 aliphatic rings. The number of nitrogens with two attached hydrogens (primary N) is 1. The highest BCUT2D eigenvalue weighted by molar-refractivity contribution is 8.14. The molecule has 4 N–H and O–H groups in total. The molecule has 0 spiro atoms. The average Bonchev–Trinajstić information content (AvgIpc) is 3.13. The molecular formula is C18H20N6O2S2. The van der Waals surface area contributed by atoms with E-state index in [9.17, 15) is 9.59 Å². The molecular weight excluding hydrogens is 396 g/mol. The van der Waals surface area contributed by atoms with Crippen molar-refractivity contribution in [2.75, 3.05) is 11.1 Å². The van der Waals surface area contributed by atoms with Gasteiger partial charge in [0.15, 0.2) is 5.17 Å². The van der Waals surface area contributed by atoms with Crippen molar-refractivity contribution in [1.29, 1.82) is 0 Å². The van der Waals surface area contributed by atoms with E-state index in [1.807, 2.05) is 37.3 Å². The predicted molar refractivity (Wildman–Crippen MR) is 112 cm³/mol. The van der Waals surface area contributed by atoms with Crippen molar-refractivity contribution in [2.24, 2.45) is 10.7 Å². The molecule has 0 radical (unpaired) electrons. The largest absolute Gasteiger partial charge is 0.366 e. The number of amidine groups is 1. The van der Waals surface area contributed by atoms with E-state index < -0.39 is 11.9 Å². The zero-order valence-corrected chi connectivity index (χ0v) is 17.1. The summed E-state index contributed by atoms with van der Waals surface area (Å²) in [6.45, 7) is 3.76. The van der Waals surface area contributed by atoms with Crippen LogP contribution in [-0.4, -0.2) is 32.9 Å². The van der Waals surface area contributed by atoms with Crippen LogP contribution in [0.2, 0.25) is 0 Å². The van der Waals surface area contributed by atoms with E-state index in [2.05, 4.69) is 25.8 Å². The van der Waals surface area contributed by atoms with Crippen molar-refractivity contribution in [3.05, 3.63) is 52.2 Å². The Labute approximate surface area is 170 Å². The van der Waals surface area contributed by atoms with Crippen LogP contribution in [0.25, 0.3) is 0 Å². The van der Waals surface area contributed by atoms with Gasteiger partial charge in [0.2, 0.25) is 16.9 Å². The van der Waals surface area contributed by atoms with Crippen molar-refractivity contribution in [1.82, 2.24) is 15.5 Å². The van der Waals surface area contributed by atoms with Crippen LogP contribution in [0.15, 0.2) is 46.6 Å². The van der Waals surface area contributed by atoms with Crippen molar-refractivity contribution in [3.63, 3.8) is 0 Å². The van der Waals surface area contributed by atoms with Crippen LogP contribution >= 0.6 is 23.1 Å². The number of hydrogen-bond acceptors (Lipinski definition) is 8. The predicted octanol–water partition coefficient (Wildman–Crippen LogP) is 2.23. The monoisotopic (exact) mass is 416 g/mol. The van der Waals surface area contributed by atoms with E-state index >= 15 is 0 Å². The average molecular weight is 417 g/mol. The van der Waals surface area contributed by atoms with E-state index in [1.165, 1.54) is 23.1 Å². The molecule has 0 bridgehead atoms. The highest BCUT2D eigenvalue weighted by Gasteiger charge is 2.28. The summed E-state index contributed by atoms with van der Waals surface area (Å²) in [7, 11) is 0. The van der Waals surface area contributed by atoms with Crippen LogP contribution in [0, 0.1) is 0 Å². The van der Waals surface area contributed by atoms with E-state index in [1.54, 1.807) is 6.92 Å². The lowest BCUT2D eigenvalue weighted by atomic mass is 9.96. The summed E-state index contributed by atoms with van der Waals surface area (Å²) in [4.78, 5) is 28.7.